The fraction of sp³-hybridized carbons (Fsp3) is 0.350. The van der Waals surface area contributed by atoms with E-state index in [1.807, 2.05) is 12.1 Å². The van der Waals surface area contributed by atoms with Gasteiger partial charge in [0.25, 0.3) is 11.1 Å². The Morgan fingerprint density at radius 1 is 1.00 bits per heavy atom. The van der Waals surface area contributed by atoms with E-state index in [1.54, 1.807) is 29.2 Å². The van der Waals surface area contributed by atoms with Gasteiger partial charge < -0.3 is 5.32 Å². The lowest BCUT2D eigenvalue weighted by atomic mass is 9.91. The van der Waals surface area contributed by atoms with Crippen LogP contribution in [0.2, 0.25) is 0 Å². The second kappa shape index (κ2) is 7.86. The van der Waals surface area contributed by atoms with E-state index in [4.69, 9.17) is 0 Å². The van der Waals surface area contributed by atoms with E-state index in [-0.39, 0.29) is 23.2 Å². The minimum Gasteiger partial charge on any atom is -0.369 e. The van der Waals surface area contributed by atoms with Crippen LogP contribution >= 0.6 is 0 Å². The zero-order chi connectivity index (χ0) is 20.4. The van der Waals surface area contributed by atoms with Crippen molar-refractivity contribution >= 4 is 5.82 Å². The molecule has 0 atom stereocenters. The lowest BCUT2D eigenvalue weighted by molar-refractivity contribution is 0.304. The average molecular weight is 394 g/mol. The van der Waals surface area contributed by atoms with Gasteiger partial charge in [-0.05, 0) is 43.9 Å². The van der Waals surface area contributed by atoms with Crippen molar-refractivity contribution in [1.82, 2.24) is 24.3 Å². The number of aromatic nitrogens is 5. The van der Waals surface area contributed by atoms with Crippen LogP contribution in [0.15, 0.2) is 57.1 Å². The molecule has 150 valence electrons. The van der Waals surface area contributed by atoms with Gasteiger partial charge in [0, 0.05) is 43.2 Å². The molecule has 2 N–H and O–H groups in total. The molecule has 0 aliphatic heterocycles. The second-order valence-electron chi connectivity index (χ2n) is 7.27. The summed E-state index contributed by atoms with van der Waals surface area (Å²) in [5.74, 6) is 0.427. The van der Waals surface area contributed by atoms with Crippen molar-refractivity contribution in [1.29, 1.82) is 0 Å². The summed E-state index contributed by atoms with van der Waals surface area (Å²) in [6, 6.07) is 8.53. The first-order valence-corrected chi connectivity index (χ1v) is 9.58. The van der Waals surface area contributed by atoms with Gasteiger partial charge in [0.1, 0.15) is 5.82 Å². The molecular weight excluding hydrogens is 372 g/mol. The molecular formula is C20H22N6O3. The standard InChI is InChI=1S/C20H22N6O3/c1-25-19(28)12-17(23-20(25)29)22-14-2-4-15(5-3-14)26-18(27)7-6-16(24-26)13-8-10-21-11-9-13/h6-12,14-15,22H,2-5H2,1H3,(H,23,29). The number of nitrogens with zero attached hydrogens (tertiary/aromatic N) is 4. The van der Waals surface area contributed by atoms with Crippen molar-refractivity contribution in [2.45, 2.75) is 37.8 Å². The number of H-pyrrole nitrogens is 1. The third-order valence-electron chi connectivity index (χ3n) is 5.35. The van der Waals surface area contributed by atoms with E-state index in [2.05, 4.69) is 20.4 Å². The van der Waals surface area contributed by atoms with Gasteiger partial charge in [-0.15, -0.1) is 0 Å². The first kappa shape index (κ1) is 18.9. The summed E-state index contributed by atoms with van der Waals surface area (Å²) in [4.78, 5) is 42.6. The topological polar surface area (TPSA) is 115 Å². The van der Waals surface area contributed by atoms with E-state index < -0.39 is 5.69 Å². The molecule has 0 amide bonds. The van der Waals surface area contributed by atoms with E-state index in [0.717, 1.165) is 41.5 Å². The Labute approximate surface area is 166 Å². The minimum atomic E-state index is -0.447. The third kappa shape index (κ3) is 4.03. The molecule has 0 saturated heterocycles. The highest BCUT2D eigenvalue weighted by Gasteiger charge is 2.24. The first-order chi connectivity index (χ1) is 14.0. The Kier molecular flexibility index (Phi) is 5.11. The molecule has 3 heterocycles. The highest BCUT2D eigenvalue weighted by molar-refractivity contribution is 5.57. The summed E-state index contributed by atoms with van der Waals surface area (Å²) in [6.45, 7) is 0. The summed E-state index contributed by atoms with van der Waals surface area (Å²) in [5.41, 5.74) is 0.741. The number of pyridine rings is 1. The molecule has 9 heteroatoms. The highest BCUT2D eigenvalue weighted by Crippen LogP contribution is 2.28. The highest BCUT2D eigenvalue weighted by atomic mass is 16.2. The molecule has 0 unspecified atom stereocenters. The maximum atomic E-state index is 12.4. The van der Waals surface area contributed by atoms with Crippen LogP contribution in [0.1, 0.15) is 31.7 Å². The van der Waals surface area contributed by atoms with Crippen LogP contribution in [0.3, 0.4) is 0 Å². The summed E-state index contributed by atoms with van der Waals surface area (Å²) in [6.07, 6.45) is 6.55. The summed E-state index contributed by atoms with van der Waals surface area (Å²) < 4.78 is 2.60. The van der Waals surface area contributed by atoms with Crippen LogP contribution in [0, 0.1) is 0 Å². The molecule has 3 aromatic heterocycles. The smallest absolute Gasteiger partial charge is 0.329 e. The summed E-state index contributed by atoms with van der Waals surface area (Å²) >= 11 is 0. The number of aromatic amines is 1. The Bertz CT molecular complexity index is 1140. The number of anilines is 1. The van der Waals surface area contributed by atoms with Gasteiger partial charge in [-0.1, -0.05) is 0 Å². The predicted molar refractivity (Wildman–Crippen MR) is 109 cm³/mol. The first-order valence-electron chi connectivity index (χ1n) is 9.58. The average Bonchev–Trinajstić information content (AvgIpc) is 2.74. The number of hydrogen-bond acceptors (Lipinski definition) is 6. The van der Waals surface area contributed by atoms with E-state index in [1.165, 1.54) is 13.1 Å². The van der Waals surface area contributed by atoms with Crippen molar-refractivity contribution in [3.63, 3.8) is 0 Å². The molecule has 0 aromatic carbocycles. The van der Waals surface area contributed by atoms with E-state index >= 15 is 0 Å². The van der Waals surface area contributed by atoms with Crippen LogP contribution in [0.5, 0.6) is 0 Å². The van der Waals surface area contributed by atoms with Gasteiger partial charge in [-0.25, -0.2) is 9.48 Å². The predicted octanol–water partition coefficient (Wildman–Crippen LogP) is 1.29. The van der Waals surface area contributed by atoms with Crippen LogP contribution in [-0.4, -0.2) is 30.4 Å². The van der Waals surface area contributed by atoms with Gasteiger partial charge in [0.15, 0.2) is 0 Å². The lowest BCUT2D eigenvalue weighted by Crippen LogP contribution is -2.36. The number of nitrogens with one attached hydrogen (secondary N) is 2. The molecule has 1 fully saturated rings. The van der Waals surface area contributed by atoms with Gasteiger partial charge in [-0.3, -0.25) is 24.1 Å². The van der Waals surface area contributed by atoms with Crippen LogP contribution in [-0.2, 0) is 7.05 Å². The fourth-order valence-electron chi connectivity index (χ4n) is 3.68. The van der Waals surface area contributed by atoms with Gasteiger partial charge >= 0.3 is 5.69 Å². The number of rotatable bonds is 4. The van der Waals surface area contributed by atoms with Crippen LogP contribution in [0.4, 0.5) is 5.82 Å². The summed E-state index contributed by atoms with van der Waals surface area (Å²) in [5, 5.41) is 7.80. The molecule has 3 aromatic rings. The third-order valence-corrected chi connectivity index (χ3v) is 5.35. The Hall–Kier alpha value is -3.49. The second-order valence-corrected chi connectivity index (χ2v) is 7.27. The largest absolute Gasteiger partial charge is 0.369 e. The minimum absolute atomic E-state index is 0.0185. The maximum absolute atomic E-state index is 12.4. The van der Waals surface area contributed by atoms with Crippen molar-refractivity contribution in [2.75, 3.05) is 5.32 Å². The molecule has 1 aliphatic rings. The quantitative estimate of drug-likeness (QED) is 0.689. The SMILES string of the molecule is Cn1c(=O)cc(NC2CCC(n3nc(-c4ccncc4)ccc3=O)CC2)[nH]c1=O. The monoisotopic (exact) mass is 394 g/mol. The zero-order valence-electron chi connectivity index (χ0n) is 16.0. The van der Waals surface area contributed by atoms with Crippen molar-refractivity contribution in [2.24, 2.45) is 7.05 Å². The molecule has 1 saturated carbocycles. The van der Waals surface area contributed by atoms with Crippen molar-refractivity contribution in [3.8, 4) is 11.3 Å². The molecule has 9 nitrogen and oxygen atoms in total. The zero-order valence-corrected chi connectivity index (χ0v) is 16.0. The van der Waals surface area contributed by atoms with E-state index in [0.29, 0.717) is 5.82 Å². The Morgan fingerprint density at radius 2 is 1.72 bits per heavy atom. The molecule has 0 bridgehead atoms. The fourth-order valence-corrected chi connectivity index (χ4v) is 3.68. The summed E-state index contributed by atoms with van der Waals surface area (Å²) in [7, 11) is 1.43. The van der Waals surface area contributed by atoms with Crippen LogP contribution < -0.4 is 22.1 Å². The Morgan fingerprint density at radius 3 is 2.41 bits per heavy atom. The lowest BCUT2D eigenvalue weighted by Gasteiger charge is -2.30. The molecule has 0 radical (unpaired) electrons. The normalized spacial score (nSPS) is 19.1. The van der Waals surface area contributed by atoms with Crippen molar-refractivity contribution < 1.29 is 0 Å². The van der Waals surface area contributed by atoms with Gasteiger partial charge in [0.05, 0.1) is 11.7 Å². The molecule has 29 heavy (non-hydrogen) atoms. The number of hydrogen-bond donors (Lipinski definition) is 2. The maximum Gasteiger partial charge on any atom is 0.329 e. The van der Waals surface area contributed by atoms with Crippen molar-refractivity contribution in [3.05, 3.63) is 73.9 Å². The molecule has 1 aliphatic carbocycles. The van der Waals surface area contributed by atoms with Crippen LogP contribution in [0.25, 0.3) is 11.3 Å². The molecule has 0 spiro atoms. The Balaban J connectivity index is 1.47. The van der Waals surface area contributed by atoms with Gasteiger partial charge in [-0.2, -0.15) is 5.10 Å². The molecule has 4 rings (SSSR count). The van der Waals surface area contributed by atoms with Gasteiger partial charge in [0.2, 0.25) is 0 Å². The van der Waals surface area contributed by atoms with E-state index in [9.17, 15) is 14.4 Å².